The van der Waals surface area contributed by atoms with E-state index in [2.05, 4.69) is 31.1 Å². The van der Waals surface area contributed by atoms with Gasteiger partial charge in [-0.2, -0.15) is 0 Å². The zero-order valence-corrected chi connectivity index (χ0v) is 13.7. The lowest BCUT2D eigenvalue weighted by molar-refractivity contribution is 0.113. The molecule has 0 aromatic heterocycles. The fourth-order valence-electron chi connectivity index (χ4n) is 3.96. The van der Waals surface area contributed by atoms with E-state index in [1.54, 1.807) is 0 Å². The van der Waals surface area contributed by atoms with Crippen LogP contribution in [0.3, 0.4) is 0 Å². The molecule has 0 aromatic carbocycles. The van der Waals surface area contributed by atoms with E-state index in [0.717, 1.165) is 31.2 Å². The average Bonchev–Trinajstić information content (AvgIpc) is 2.99. The van der Waals surface area contributed by atoms with Crippen molar-refractivity contribution in [3.05, 3.63) is 0 Å². The van der Waals surface area contributed by atoms with E-state index in [-0.39, 0.29) is 5.54 Å². The summed E-state index contributed by atoms with van der Waals surface area (Å²) in [7, 11) is 2.26. The molecule has 3 nitrogen and oxygen atoms in total. The van der Waals surface area contributed by atoms with Gasteiger partial charge in [0.15, 0.2) is 0 Å². The second-order valence-corrected chi connectivity index (χ2v) is 7.35. The Morgan fingerprint density at radius 2 is 2.15 bits per heavy atom. The summed E-state index contributed by atoms with van der Waals surface area (Å²) >= 11 is 0. The van der Waals surface area contributed by atoms with Crippen molar-refractivity contribution in [1.29, 1.82) is 0 Å². The Labute approximate surface area is 125 Å². The fourth-order valence-corrected chi connectivity index (χ4v) is 3.96. The maximum Gasteiger partial charge on any atom is 0.0616 e. The molecule has 2 fully saturated rings. The van der Waals surface area contributed by atoms with Gasteiger partial charge in [-0.1, -0.05) is 20.3 Å². The van der Waals surface area contributed by atoms with Crippen LogP contribution in [-0.4, -0.2) is 48.8 Å². The van der Waals surface area contributed by atoms with Crippen LogP contribution in [0.4, 0.5) is 0 Å². The lowest BCUT2D eigenvalue weighted by Gasteiger charge is -2.36. The van der Waals surface area contributed by atoms with Crippen molar-refractivity contribution in [2.24, 2.45) is 17.8 Å². The molecule has 3 heteroatoms. The van der Waals surface area contributed by atoms with Gasteiger partial charge >= 0.3 is 0 Å². The molecule has 2 rings (SSSR count). The minimum Gasteiger partial charge on any atom is -0.394 e. The van der Waals surface area contributed by atoms with Crippen LogP contribution < -0.4 is 5.32 Å². The van der Waals surface area contributed by atoms with Gasteiger partial charge in [0.05, 0.1) is 6.61 Å². The lowest BCUT2D eigenvalue weighted by atomic mass is 9.85. The molecule has 118 valence electrons. The number of hydrogen-bond acceptors (Lipinski definition) is 3. The third-order valence-electron chi connectivity index (χ3n) is 5.65. The van der Waals surface area contributed by atoms with Gasteiger partial charge in [0, 0.05) is 12.1 Å². The van der Waals surface area contributed by atoms with E-state index in [0.29, 0.717) is 12.5 Å². The van der Waals surface area contributed by atoms with Gasteiger partial charge in [-0.05, 0) is 70.0 Å². The Hall–Kier alpha value is -0.120. The first-order valence-electron chi connectivity index (χ1n) is 8.65. The highest BCUT2D eigenvalue weighted by molar-refractivity contribution is 4.99. The van der Waals surface area contributed by atoms with Crippen LogP contribution in [0.15, 0.2) is 0 Å². The van der Waals surface area contributed by atoms with Crippen molar-refractivity contribution >= 4 is 0 Å². The van der Waals surface area contributed by atoms with Crippen molar-refractivity contribution < 1.29 is 5.11 Å². The SMILES string of the molecule is CCCNC1(CO)CCCC1CCN(C)CC1CC1C. The Morgan fingerprint density at radius 3 is 2.75 bits per heavy atom. The highest BCUT2D eigenvalue weighted by Gasteiger charge is 2.41. The molecule has 0 bridgehead atoms. The molecular weight excluding hydrogens is 248 g/mol. The summed E-state index contributed by atoms with van der Waals surface area (Å²) in [6.45, 7) is 8.35. The second-order valence-electron chi connectivity index (χ2n) is 7.35. The molecule has 4 unspecified atom stereocenters. The van der Waals surface area contributed by atoms with Gasteiger partial charge in [0.2, 0.25) is 0 Å². The van der Waals surface area contributed by atoms with Crippen LogP contribution in [-0.2, 0) is 0 Å². The normalized spacial score (nSPS) is 36.8. The van der Waals surface area contributed by atoms with Crippen molar-refractivity contribution in [1.82, 2.24) is 10.2 Å². The molecule has 0 aliphatic heterocycles. The summed E-state index contributed by atoms with van der Waals surface area (Å²) in [5, 5.41) is 13.6. The lowest BCUT2D eigenvalue weighted by Crippen LogP contribution is -2.52. The Bertz CT molecular complexity index is 297. The van der Waals surface area contributed by atoms with Crippen LogP contribution in [0.25, 0.3) is 0 Å². The minimum absolute atomic E-state index is 0.0176. The molecule has 0 amide bonds. The number of rotatable bonds is 9. The molecule has 0 spiro atoms. The maximum absolute atomic E-state index is 9.89. The number of nitrogens with zero attached hydrogens (tertiary/aromatic N) is 1. The molecule has 0 radical (unpaired) electrons. The quantitative estimate of drug-likeness (QED) is 0.682. The van der Waals surface area contributed by atoms with E-state index < -0.39 is 0 Å². The smallest absolute Gasteiger partial charge is 0.0616 e. The molecule has 2 aliphatic rings. The maximum atomic E-state index is 9.89. The van der Waals surface area contributed by atoms with Crippen LogP contribution in [0, 0.1) is 17.8 Å². The summed E-state index contributed by atoms with van der Waals surface area (Å²) < 4.78 is 0. The van der Waals surface area contributed by atoms with E-state index in [9.17, 15) is 5.11 Å². The Balaban J connectivity index is 1.77. The number of aliphatic hydroxyl groups excluding tert-OH is 1. The van der Waals surface area contributed by atoms with Gasteiger partial charge in [-0.25, -0.2) is 0 Å². The standard InChI is InChI=1S/C17H34N2O/c1-4-9-18-17(13-20)8-5-6-16(17)7-10-19(3)12-15-11-14(15)2/h14-16,18,20H,4-13H2,1-3H3. The second kappa shape index (κ2) is 7.24. The molecule has 2 saturated carbocycles. The van der Waals surface area contributed by atoms with Gasteiger partial charge in [-0.15, -0.1) is 0 Å². The predicted octanol–water partition coefficient (Wildman–Crippen LogP) is 2.50. The molecule has 2 N–H and O–H groups in total. The topological polar surface area (TPSA) is 35.5 Å². The van der Waals surface area contributed by atoms with E-state index in [1.807, 2.05) is 0 Å². The van der Waals surface area contributed by atoms with Crippen molar-refractivity contribution in [2.45, 2.75) is 57.9 Å². The van der Waals surface area contributed by atoms with Crippen LogP contribution in [0.1, 0.15) is 52.4 Å². The number of nitrogens with one attached hydrogen (secondary N) is 1. The summed E-state index contributed by atoms with van der Waals surface area (Å²) in [5.74, 6) is 2.55. The average molecular weight is 282 g/mol. The van der Waals surface area contributed by atoms with E-state index >= 15 is 0 Å². The van der Waals surface area contributed by atoms with Gasteiger partial charge < -0.3 is 15.3 Å². The van der Waals surface area contributed by atoms with Crippen LogP contribution in [0.5, 0.6) is 0 Å². The zero-order valence-electron chi connectivity index (χ0n) is 13.7. The van der Waals surface area contributed by atoms with Gasteiger partial charge in [-0.3, -0.25) is 0 Å². The summed E-state index contributed by atoms with van der Waals surface area (Å²) in [6.07, 6.45) is 7.50. The van der Waals surface area contributed by atoms with E-state index in [4.69, 9.17) is 0 Å². The summed E-state index contributed by atoms with van der Waals surface area (Å²) in [5.41, 5.74) is 0.0176. The largest absolute Gasteiger partial charge is 0.394 e. The molecule has 0 saturated heterocycles. The molecule has 0 aromatic rings. The predicted molar refractivity (Wildman–Crippen MR) is 84.8 cm³/mol. The monoisotopic (exact) mass is 282 g/mol. The van der Waals surface area contributed by atoms with E-state index in [1.165, 1.54) is 38.8 Å². The zero-order chi connectivity index (χ0) is 14.6. The van der Waals surface area contributed by atoms with Gasteiger partial charge in [0.1, 0.15) is 0 Å². The van der Waals surface area contributed by atoms with Crippen LogP contribution in [0.2, 0.25) is 0 Å². The highest BCUT2D eigenvalue weighted by Crippen LogP contribution is 2.39. The summed E-state index contributed by atoms with van der Waals surface area (Å²) in [6, 6.07) is 0. The third kappa shape index (κ3) is 3.96. The van der Waals surface area contributed by atoms with Crippen LogP contribution >= 0.6 is 0 Å². The first-order valence-corrected chi connectivity index (χ1v) is 8.65. The summed E-state index contributed by atoms with van der Waals surface area (Å²) in [4.78, 5) is 2.51. The molecule has 4 atom stereocenters. The number of hydrogen-bond donors (Lipinski definition) is 2. The first-order chi connectivity index (χ1) is 9.61. The molecule has 0 heterocycles. The van der Waals surface area contributed by atoms with Gasteiger partial charge in [0.25, 0.3) is 0 Å². The molecule has 20 heavy (non-hydrogen) atoms. The Morgan fingerprint density at radius 1 is 1.40 bits per heavy atom. The van der Waals surface area contributed by atoms with Crippen molar-refractivity contribution in [3.63, 3.8) is 0 Å². The highest BCUT2D eigenvalue weighted by atomic mass is 16.3. The number of aliphatic hydroxyl groups is 1. The third-order valence-corrected chi connectivity index (χ3v) is 5.65. The van der Waals surface area contributed by atoms with Crippen molar-refractivity contribution in [3.8, 4) is 0 Å². The molecule has 2 aliphatic carbocycles. The Kier molecular flexibility index (Phi) is 5.88. The van der Waals surface area contributed by atoms with Crippen molar-refractivity contribution in [2.75, 3.05) is 33.3 Å². The molecular formula is C17H34N2O. The minimum atomic E-state index is 0.0176. The first kappa shape index (κ1) is 16.3. The fraction of sp³-hybridized carbons (Fsp3) is 1.00.